The molecule has 34 heavy (non-hydrogen) atoms. The number of benzene rings is 4. The van der Waals surface area contributed by atoms with Crippen LogP contribution in [-0.4, -0.2) is 13.0 Å². The van der Waals surface area contributed by atoms with Gasteiger partial charge in [-0.3, -0.25) is 4.79 Å². The smallest absolute Gasteiger partial charge is 0.266 e. The molecule has 0 fully saturated rings. The van der Waals surface area contributed by atoms with Crippen LogP contribution in [0, 0.1) is 14.9 Å². The molecule has 0 saturated carbocycles. The highest BCUT2D eigenvalue weighted by molar-refractivity contribution is 14.1. The van der Waals surface area contributed by atoms with E-state index in [1.807, 2.05) is 54.6 Å². The number of nitrogens with one attached hydrogen (secondary N) is 1. The lowest BCUT2D eigenvalue weighted by Crippen LogP contribution is -2.13. The van der Waals surface area contributed by atoms with E-state index in [-0.39, 0.29) is 5.57 Å². The maximum absolute atomic E-state index is 12.6. The summed E-state index contributed by atoms with van der Waals surface area (Å²) in [5.74, 6) is 0.665. The summed E-state index contributed by atoms with van der Waals surface area (Å²) in [5, 5.41) is 14.6. The minimum atomic E-state index is -0.473. The van der Waals surface area contributed by atoms with Crippen LogP contribution >= 0.6 is 22.6 Å². The Kier molecular flexibility index (Phi) is 7.45. The van der Waals surface area contributed by atoms with Gasteiger partial charge in [-0.25, -0.2) is 0 Å². The molecule has 0 aliphatic rings. The molecular weight excluding hydrogens is 539 g/mol. The van der Waals surface area contributed by atoms with Gasteiger partial charge in [0.15, 0.2) is 11.5 Å². The molecule has 0 unspecified atom stereocenters. The Bertz CT molecular complexity index is 1400. The average Bonchev–Trinajstić information content (AvgIpc) is 2.86. The number of halogens is 1. The first-order valence-electron chi connectivity index (χ1n) is 10.5. The van der Waals surface area contributed by atoms with Crippen molar-refractivity contribution in [2.45, 2.75) is 6.61 Å². The Labute approximate surface area is 211 Å². The van der Waals surface area contributed by atoms with Crippen LogP contribution in [0.3, 0.4) is 0 Å². The maximum atomic E-state index is 12.6. The average molecular weight is 560 g/mol. The first-order chi connectivity index (χ1) is 16.6. The molecule has 6 heteroatoms. The van der Waals surface area contributed by atoms with Crippen LogP contribution in [0.15, 0.2) is 90.5 Å². The number of hydrogen-bond donors (Lipinski definition) is 1. The zero-order valence-corrected chi connectivity index (χ0v) is 20.6. The first kappa shape index (κ1) is 23.3. The standard InChI is InChI=1S/C28H21IN2O3/c1-33-26-16-19(14-22(17-30)28(32)31-23-11-3-2-4-12-23)15-25(29)27(26)34-18-21-10-7-9-20-8-5-6-13-24(20)21/h2-16H,18H2,1H3,(H,31,32)/b22-14+. The second-order valence-corrected chi connectivity index (χ2v) is 8.61. The molecule has 4 aromatic carbocycles. The Balaban J connectivity index is 1.57. The van der Waals surface area contributed by atoms with E-state index in [0.717, 1.165) is 19.9 Å². The van der Waals surface area contributed by atoms with Crippen molar-refractivity contribution < 1.29 is 14.3 Å². The van der Waals surface area contributed by atoms with Gasteiger partial charge in [-0.05, 0) is 74.8 Å². The van der Waals surface area contributed by atoms with Crippen molar-refractivity contribution >= 4 is 51.0 Å². The minimum Gasteiger partial charge on any atom is -0.493 e. The van der Waals surface area contributed by atoms with Crippen LogP contribution in [0.4, 0.5) is 5.69 Å². The summed E-state index contributed by atoms with van der Waals surface area (Å²) in [6, 6.07) is 28.9. The van der Waals surface area contributed by atoms with E-state index in [1.54, 1.807) is 25.3 Å². The lowest BCUT2D eigenvalue weighted by atomic mass is 10.1. The van der Waals surface area contributed by atoms with Gasteiger partial charge in [-0.1, -0.05) is 60.7 Å². The van der Waals surface area contributed by atoms with E-state index in [4.69, 9.17) is 9.47 Å². The summed E-state index contributed by atoms with van der Waals surface area (Å²) in [4.78, 5) is 12.6. The van der Waals surface area contributed by atoms with Gasteiger partial charge in [0.25, 0.3) is 5.91 Å². The molecule has 1 amide bonds. The van der Waals surface area contributed by atoms with Crippen LogP contribution in [0.2, 0.25) is 0 Å². The molecule has 4 rings (SSSR count). The van der Waals surface area contributed by atoms with Gasteiger partial charge in [0.1, 0.15) is 18.2 Å². The lowest BCUT2D eigenvalue weighted by Gasteiger charge is -2.15. The number of rotatable bonds is 7. The number of hydrogen-bond acceptors (Lipinski definition) is 4. The molecule has 168 valence electrons. The molecule has 0 bridgehead atoms. The van der Waals surface area contributed by atoms with Crippen molar-refractivity contribution in [3.8, 4) is 17.6 Å². The van der Waals surface area contributed by atoms with Gasteiger partial charge in [-0.15, -0.1) is 0 Å². The van der Waals surface area contributed by atoms with Crippen LogP contribution in [0.1, 0.15) is 11.1 Å². The molecule has 0 aromatic heterocycles. The number of para-hydroxylation sites is 1. The third-order valence-corrected chi connectivity index (χ3v) is 6.01. The van der Waals surface area contributed by atoms with Crippen LogP contribution in [0.25, 0.3) is 16.8 Å². The predicted molar refractivity (Wildman–Crippen MR) is 143 cm³/mol. The lowest BCUT2D eigenvalue weighted by molar-refractivity contribution is -0.112. The fourth-order valence-electron chi connectivity index (χ4n) is 3.57. The molecule has 0 saturated heterocycles. The summed E-state index contributed by atoms with van der Waals surface area (Å²) in [6.45, 7) is 0.381. The van der Waals surface area contributed by atoms with E-state index >= 15 is 0 Å². The third kappa shape index (κ3) is 5.38. The maximum Gasteiger partial charge on any atom is 0.266 e. The Hall–Kier alpha value is -3.83. The molecule has 1 N–H and O–H groups in total. The van der Waals surface area contributed by atoms with E-state index in [9.17, 15) is 10.1 Å². The highest BCUT2D eigenvalue weighted by Crippen LogP contribution is 2.35. The summed E-state index contributed by atoms with van der Waals surface area (Å²) in [5.41, 5.74) is 2.35. The van der Waals surface area contributed by atoms with Crippen LogP contribution in [-0.2, 0) is 11.4 Å². The monoisotopic (exact) mass is 560 g/mol. The van der Waals surface area contributed by atoms with Gasteiger partial charge < -0.3 is 14.8 Å². The number of fused-ring (bicyclic) bond motifs is 1. The van der Waals surface area contributed by atoms with E-state index in [1.165, 1.54) is 6.08 Å². The zero-order valence-electron chi connectivity index (χ0n) is 18.4. The number of methoxy groups -OCH3 is 1. The Morgan fingerprint density at radius 3 is 2.53 bits per heavy atom. The number of nitrogens with zero attached hydrogens (tertiary/aromatic N) is 1. The summed E-state index contributed by atoms with van der Waals surface area (Å²) in [6.07, 6.45) is 1.54. The van der Waals surface area contributed by atoms with Gasteiger partial charge >= 0.3 is 0 Å². The molecule has 5 nitrogen and oxygen atoms in total. The fraction of sp³-hybridized carbons (Fsp3) is 0.0714. The molecule has 0 radical (unpaired) electrons. The highest BCUT2D eigenvalue weighted by Gasteiger charge is 2.15. The molecule has 0 aliphatic heterocycles. The van der Waals surface area contributed by atoms with Crippen LogP contribution < -0.4 is 14.8 Å². The van der Waals surface area contributed by atoms with Crippen molar-refractivity contribution in [2.75, 3.05) is 12.4 Å². The van der Waals surface area contributed by atoms with Crippen molar-refractivity contribution in [2.24, 2.45) is 0 Å². The topological polar surface area (TPSA) is 71.3 Å². The molecule has 0 atom stereocenters. The summed E-state index contributed by atoms with van der Waals surface area (Å²) in [7, 11) is 1.57. The SMILES string of the molecule is COc1cc(/C=C(\C#N)C(=O)Nc2ccccc2)cc(I)c1OCc1cccc2ccccc12. The quantitative estimate of drug-likeness (QED) is 0.158. The van der Waals surface area contributed by atoms with Gasteiger partial charge in [-0.2, -0.15) is 5.26 Å². The van der Waals surface area contributed by atoms with E-state index in [0.29, 0.717) is 29.4 Å². The van der Waals surface area contributed by atoms with Gasteiger partial charge in [0, 0.05) is 5.69 Å². The van der Waals surface area contributed by atoms with Crippen molar-refractivity contribution in [1.82, 2.24) is 0 Å². The summed E-state index contributed by atoms with van der Waals surface area (Å²) < 4.78 is 12.5. The van der Waals surface area contributed by atoms with Crippen LogP contribution in [0.5, 0.6) is 11.5 Å². The Morgan fingerprint density at radius 1 is 1.03 bits per heavy atom. The largest absolute Gasteiger partial charge is 0.493 e. The molecule has 0 aliphatic carbocycles. The Morgan fingerprint density at radius 2 is 1.76 bits per heavy atom. The zero-order chi connectivity index (χ0) is 23.9. The number of anilines is 1. The summed E-state index contributed by atoms with van der Waals surface area (Å²) >= 11 is 2.17. The normalized spacial score (nSPS) is 11.0. The van der Waals surface area contributed by atoms with Gasteiger partial charge in [0.05, 0.1) is 10.7 Å². The van der Waals surface area contributed by atoms with Crippen molar-refractivity contribution in [3.63, 3.8) is 0 Å². The molecule has 0 spiro atoms. The molecule has 0 heterocycles. The predicted octanol–water partition coefficient (Wildman–Crippen LogP) is 6.58. The number of ether oxygens (including phenoxy) is 2. The number of nitriles is 1. The first-order valence-corrected chi connectivity index (χ1v) is 11.6. The second kappa shape index (κ2) is 10.9. The van der Waals surface area contributed by atoms with Gasteiger partial charge in [0.2, 0.25) is 0 Å². The van der Waals surface area contributed by atoms with Crippen molar-refractivity contribution in [1.29, 1.82) is 5.26 Å². The van der Waals surface area contributed by atoms with E-state index in [2.05, 4.69) is 46.1 Å². The number of carbonyl (C=O) groups is 1. The third-order valence-electron chi connectivity index (χ3n) is 5.21. The van der Waals surface area contributed by atoms with Crippen molar-refractivity contribution in [3.05, 3.63) is 105 Å². The number of carbonyl (C=O) groups excluding carboxylic acids is 1. The minimum absolute atomic E-state index is 0.00821. The molecular formula is C28H21IN2O3. The fourth-order valence-corrected chi connectivity index (χ4v) is 4.35. The van der Waals surface area contributed by atoms with E-state index < -0.39 is 5.91 Å². The number of amides is 1. The second-order valence-electron chi connectivity index (χ2n) is 7.45. The molecule has 4 aromatic rings. The highest BCUT2D eigenvalue weighted by atomic mass is 127.